The van der Waals surface area contributed by atoms with Crippen molar-refractivity contribution in [2.45, 2.75) is 87.0 Å². The lowest BCUT2D eigenvalue weighted by Crippen LogP contribution is -2.17. The second-order valence-electron chi connectivity index (χ2n) is 17.0. The smallest absolute Gasteiger partial charge is 0.326 e. The standard InChI is InChI=1S/C49H50F4O4P2/c1-29-16-17-43(49(9,10)11)45(22-29)55-59(39-27-36(52)24-37(53)28-39)57-47-33(5)19-31(3)21-41(47)40-20-30(2)18-32(4)46(40)56-58(38-25-34(50)23-35(51)26-38)54-44-15-13-12-14-42(44)48(6,7)8/h12-28H,1-11H3. The van der Waals surface area contributed by atoms with Gasteiger partial charge in [0.1, 0.15) is 46.3 Å². The number of aryl methyl sites for hydroxylation is 5. The molecular weight excluding hydrogens is 790 g/mol. The van der Waals surface area contributed by atoms with E-state index < -0.39 is 40.0 Å². The van der Waals surface area contributed by atoms with Crippen LogP contribution in [0.1, 0.15) is 80.5 Å². The second-order valence-corrected chi connectivity index (χ2v) is 19.8. The van der Waals surface area contributed by atoms with Crippen molar-refractivity contribution in [1.29, 1.82) is 0 Å². The molecule has 10 heteroatoms. The molecule has 2 unspecified atom stereocenters. The zero-order chi connectivity index (χ0) is 43.0. The number of rotatable bonds is 11. The van der Waals surface area contributed by atoms with Crippen LogP contribution < -0.4 is 28.7 Å². The van der Waals surface area contributed by atoms with Crippen LogP contribution in [0, 0.1) is 57.9 Å². The summed E-state index contributed by atoms with van der Waals surface area (Å²) in [6.45, 7) is 22.0. The van der Waals surface area contributed by atoms with Gasteiger partial charge in [0.15, 0.2) is 0 Å². The summed E-state index contributed by atoms with van der Waals surface area (Å²) in [6, 6.07) is 27.8. The van der Waals surface area contributed by atoms with Crippen LogP contribution in [0.15, 0.2) is 103 Å². The van der Waals surface area contributed by atoms with Crippen LogP contribution >= 0.6 is 16.8 Å². The highest BCUT2D eigenvalue weighted by atomic mass is 31.2. The van der Waals surface area contributed by atoms with Crippen LogP contribution in [-0.4, -0.2) is 0 Å². The van der Waals surface area contributed by atoms with E-state index in [4.69, 9.17) is 18.1 Å². The van der Waals surface area contributed by atoms with Crippen molar-refractivity contribution in [1.82, 2.24) is 0 Å². The summed E-state index contributed by atoms with van der Waals surface area (Å²) in [5.74, 6) is -1.18. The molecule has 0 saturated carbocycles. The topological polar surface area (TPSA) is 36.9 Å². The third-order valence-corrected chi connectivity index (χ3v) is 12.4. The largest absolute Gasteiger partial charge is 0.435 e. The van der Waals surface area contributed by atoms with Gasteiger partial charge in [-0.2, -0.15) is 0 Å². The van der Waals surface area contributed by atoms with E-state index in [9.17, 15) is 17.6 Å². The molecule has 0 aromatic heterocycles. The molecular formula is C49H50F4O4P2. The van der Waals surface area contributed by atoms with Crippen LogP contribution in [-0.2, 0) is 10.8 Å². The molecule has 0 aliphatic carbocycles. The molecule has 0 aliphatic rings. The minimum atomic E-state index is -2.21. The molecule has 6 aromatic rings. The molecule has 0 amide bonds. The maximum absolute atomic E-state index is 15.0. The fourth-order valence-electron chi connectivity index (χ4n) is 6.92. The Labute approximate surface area is 348 Å². The Hall–Kier alpha value is -4.90. The third-order valence-electron chi connectivity index (χ3n) is 9.60. The SMILES string of the molecule is Cc1ccc(C(C)(C)C)c(OP(Oc2c(C)cc(C)cc2-c2cc(C)cc(C)c2OP(Oc2ccccc2C(C)(C)C)c2cc(F)cc(F)c2)c2cc(F)cc(F)c2)c1. The molecule has 0 radical (unpaired) electrons. The summed E-state index contributed by atoms with van der Waals surface area (Å²) < 4.78 is 87.0. The van der Waals surface area contributed by atoms with E-state index >= 15 is 0 Å². The molecule has 0 spiro atoms. The Morgan fingerprint density at radius 1 is 0.407 bits per heavy atom. The first kappa shape index (κ1) is 43.7. The molecule has 0 bridgehead atoms. The van der Waals surface area contributed by atoms with E-state index in [1.807, 2.05) is 101 Å². The van der Waals surface area contributed by atoms with E-state index in [0.29, 0.717) is 34.1 Å². The van der Waals surface area contributed by atoms with Gasteiger partial charge in [0, 0.05) is 23.3 Å². The molecule has 0 aliphatic heterocycles. The van der Waals surface area contributed by atoms with Crippen molar-refractivity contribution in [3.8, 4) is 34.1 Å². The monoisotopic (exact) mass is 840 g/mol. The van der Waals surface area contributed by atoms with Crippen molar-refractivity contribution in [2.75, 3.05) is 0 Å². The highest BCUT2D eigenvalue weighted by Crippen LogP contribution is 2.52. The predicted molar refractivity (Wildman–Crippen MR) is 234 cm³/mol. The van der Waals surface area contributed by atoms with Crippen molar-refractivity contribution >= 4 is 27.4 Å². The Bertz CT molecular complexity index is 2470. The molecule has 6 aromatic carbocycles. The van der Waals surface area contributed by atoms with E-state index in [1.165, 1.54) is 24.3 Å². The Balaban J connectivity index is 1.53. The minimum Gasteiger partial charge on any atom is -0.435 e. The van der Waals surface area contributed by atoms with Gasteiger partial charge < -0.3 is 18.1 Å². The highest BCUT2D eigenvalue weighted by molar-refractivity contribution is 7.57. The summed E-state index contributed by atoms with van der Waals surface area (Å²) in [5.41, 5.74) is 6.63. The van der Waals surface area contributed by atoms with Crippen LogP contribution in [0.4, 0.5) is 17.6 Å². The van der Waals surface area contributed by atoms with E-state index in [-0.39, 0.29) is 21.4 Å². The van der Waals surface area contributed by atoms with E-state index in [0.717, 1.165) is 51.1 Å². The van der Waals surface area contributed by atoms with Crippen LogP contribution in [0.25, 0.3) is 11.1 Å². The van der Waals surface area contributed by atoms with E-state index in [1.54, 1.807) is 0 Å². The highest BCUT2D eigenvalue weighted by Gasteiger charge is 2.31. The van der Waals surface area contributed by atoms with Gasteiger partial charge in [-0.05, 0) is 133 Å². The molecule has 4 nitrogen and oxygen atoms in total. The minimum absolute atomic E-state index is 0.196. The van der Waals surface area contributed by atoms with E-state index in [2.05, 4.69) is 41.5 Å². The van der Waals surface area contributed by atoms with Crippen molar-refractivity contribution in [3.63, 3.8) is 0 Å². The van der Waals surface area contributed by atoms with Gasteiger partial charge in [-0.3, -0.25) is 0 Å². The lowest BCUT2D eigenvalue weighted by Gasteiger charge is -2.28. The Morgan fingerprint density at radius 2 is 0.814 bits per heavy atom. The number of hydrogen-bond donors (Lipinski definition) is 0. The number of benzene rings is 6. The number of hydrogen-bond acceptors (Lipinski definition) is 4. The van der Waals surface area contributed by atoms with Gasteiger partial charge in [-0.15, -0.1) is 0 Å². The lowest BCUT2D eigenvalue weighted by molar-refractivity contribution is 0.476. The molecule has 0 saturated heterocycles. The van der Waals surface area contributed by atoms with Gasteiger partial charge >= 0.3 is 16.8 Å². The van der Waals surface area contributed by atoms with Gasteiger partial charge in [0.05, 0.1) is 10.6 Å². The summed E-state index contributed by atoms with van der Waals surface area (Å²) in [7, 11) is -4.41. The maximum atomic E-state index is 15.0. The molecule has 308 valence electrons. The molecule has 6 rings (SSSR count). The summed E-state index contributed by atoms with van der Waals surface area (Å²) in [5, 5.41) is 0.395. The van der Waals surface area contributed by atoms with Crippen LogP contribution in [0.2, 0.25) is 0 Å². The van der Waals surface area contributed by atoms with Crippen molar-refractivity contribution in [3.05, 3.63) is 165 Å². The average Bonchev–Trinajstić information content (AvgIpc) is 3.11. The van der Waals surface area contributed by atoms with Gasteiger partial charge in [-0.25, -0.2) is 17.6 Å². The fraction of sp³-hybridized carbons (Fsp3) is 0.265. The molecule has 0 N–H and O–H groups in total. The zero-order valence-electron chi connectivity index (χ0n) is 35.4. The first-order valence-corrected chi connectivity index (χ1v) is 21.7. The molecule has 59 heavy (non-hydrogen) atoms. The maximum Gasteiger partial charge on any atom is 0.326 e. The third kappa shape index (κ3) is 10.5. The summed E-state index contributed by atoms with van der Waals surface area (Å²) >= 11 is 0. The zero-order valence-corrected chi connectivity index (χ0v) is 37.1. The normalized spacial score (nSPS) is 12.9. The number of halogens is 4. The Morgan fingerprint density at radius 3 is 1.25 bits per heavy atom. The lowest BCUT2D eigenvalue weighted by atomic mass is 9.86. The molecule has 0 heterocycles. The quantitative estimate of drug-likeness (QED) is 0.0962. The molecule has 0 fully saturated rings. The second kappa shape index (κ2) is 17.4. The number of para-hydroxylation sites is 1. The van der Waals surface area contributed by atoms with Gasteiger partial charge in [0.25, 0.3) is 0 Å². The van der Waals surface area contributed by atoms with Gasteiger partial charge in [0.2, 0.25) is 0 Å². The fourth-order valence-corrected chi connectivity index (χ4v) is 9.82. The summed E-state index contributed by atoms with van der Waals surface area (Å²) in [6.07, 6.45) is 0. The average molecular weight is 841 g/mol. The first-order chi connectivity index (χ1) is 27.7. The van der Waals surface area contributed by atoms with Crippen LogP contribution in [0.3, 0.4) is 0 Å². The van der Waals surface area contributed by atoms with Crippen LogP contribution in [0.5, 0.6) is 23.0 Å². The molecule has 2 atom stereocenters. The summed E-state index contributed by atoms with van der Waals surface area (Å²) in [4.78, 5) is 0. The van der Waals surface area contributed by atoms with Crippen molar-refractivity contribution < 1.29 is 35.7 Å². The van der Waals surface area contributed by atoms with Crippen molar-refractivity contribution in [2.24, 2.45) is 0 Å². The first-order valence-electron chi connectivity index (χ1n) is 19.3. The predicted octanol–water partition coefficient (Wildman–Crippen LogP) is 14.2. The van der Waals surface area contributed by atoms with Gasteiger partial charge in [-0.1, -0.05) is 84.0 Å². The Kier molecular flexibility index (Phi) is 12.9.